The molecule has 33 heavy (non-hydrogen) atoms. The number of hydrogen-bond donors (Lipinski definition) is 1. The molecule has 0 fully saturated rings. The van der Waals surface area contributed by atoms with Gasteiger partial charge in [-0.15, -0.1) is 0 Å². The van der Waals surface area contributed by atoms with E-state index in [1.54, 1.807) is 38.1 Å². The summed E-state index contributed by atoms with van der Waals surface area (Å²) < 4.78 is 28.8. The molecule has 3 aromatic heterocycles. The van der Waals surface area contributed by atoms with E-state index < -0.39 is 22.0 Å². The third-order valence-corrected chi connectivity index (χ3v) is 7.22. The van der Waals surface area contributed by atoms with Crippen LogP contribution in [0.25, 0.3) is 11.0 Å². The first-order valence-corrected chi connectivity index (χ1v) is 11.7. The Labute approximate surface area is 190 Å². The molecular weight excluding hydrogens is 444 g/mol. The van der Waals surface area contributed by atoms with Crippen molar-refractivity contribution in [2.45, 2.75) is 38.1 Å². The smallest absolute Gasteiger partial charge is 0.354 e. The zero-order chi connectivity index (χ0) is 23.9. The monoisotopic (exact) mass is 466 g/mol. The number of rotatable bonds is 7. The Hall–Kier alpha value is -3.79. The lowest BCUT2D eigenvalue weighted by Gasteiger charge is -2.16. The summed E-state index contributed by atoms with van der Waals surface area (Å²) in [5.74, 6) is -1.48. The van der Waals surface area contributed by atoms with E-state index in [9.17, 15) is 23.1 Å². The normalized spacial score (nSPS) is 12.7. The van der Waals surface area contributed by atoms with Crippen molar-refractivity contribution in [3.8, 4) is 0 Å². The number of aryl methyl sites for hydroxylation is 1. The van der Waals surface area contributed by atoms with Crippen molar-refractivity contribution in [1.29, 1.82) is 0 Å². The second-order valence-corrected chi connectivity index (χ2v) is 9.50. The molecule has 1 unspecified atom stereocenters. The number of ketones is 1. The number of carbonyl (C=O) groups excluding carboxylic acids is 1. The van der Waals surface area contributed by atoms with Crippen LogP contribution in [0, 0.1) is 6.92 Å². The van der Waals surface area contributed by atoms with E-state index in [0.29, 0.717) is 10.9 Å². The number of carboxylic acids is 1. The first kappa shape index (κ1) is 22.4. The molecule has 3 heterocycles. The zero-order valence-corrected chi connectivity index (χ0v) is 19.1. The van der Waals surface area contributed by atoms with Crippen LogP contribution in [-0.2, 0) is 10.0 Å². The fourth-order valence-corrected chi connectivity index (χ4v) is 5.02. The summed E-state index contributed by atoms with van der Waals surface area (Å²) in [6.45, 7) is 5.28. The Balaban J connectivity index is 1.84. The van der Waals surface area contributed by atoms with Gasteiger partial charge in [0, 0.05) is 30.3 Å². The molecule has 0 amide bonds. The summed E-state index contributed by atoms with van der Waals surface area (Å²) in [5.41, 5.74) is 1.73. The summed E-state index contributed by atoms with van der Waals surface area (Å²) >= 11 is 0. The minimum atomic E-state index is -3.89. The summed E-state index contributed by atoms with van der Waals surface area (Å²) in [4.78, 5) is 28.3. The summed E-state index contributed by atoms with van der Waals surface area (Å²) in [7, 11) is -3.89. The van der Waals surface area contributed by atoms with Crippen LogP contribution in [0.2, 0.25) is 0 Å². The Morgan fingerprint density at radius 2 is 1.82 bits per heavy atom. The Morgan fingerprint density at radius 1 is 1.12 bits per heavy atom. The van der Waals surface area contributed by atoms with Crippen LogP contribution < -0.4 is 0 Å². The third-order valence-electron chi connectivity index (χ3n) is 5.54. The molecule has 10 heteroatoms. The van der Waals surface area contributed by atoms with Crippen LogP contribution >= 0.6 is 0 Å². The van der Waals surface area contributed by atoms with E-state index in [1.807, 2.05) is 6.92 Å². The van der Waals surface area contributed by atoms with Crippen LogP contribution in [0.1, 0.15) is 58.4 Å². The molecule has 0 aliphatic carbocycles. The van der Waals surface area contributed by atoms with Gasteiger partial charge in [0.1, 0.15) is 11.4 Å². The second-order valence-electron chi connectivity index (χ2n) is 7.68. The maximum atomic E-state index is 13.2. The molecule has 1 aromatic carbocycles. The highest BCUT2D eigenvalue weighted by Gasteiger charge is 2.25. The quantitative estimate of drug-likeness (QED) is 0.412. The molecule has 170 valence electrons. The maximum Gasteiger partial charge on any atom is 0.354 e. The first-order valence-electron chi connectivity index (χ1n) is 10.3. The number of hydrogen-bond acceptors (Lipinski definition) is 6. The van der Waals surface area contributed by atoms with Gasteiger partial charge in [0.2, 0.25) is 0 Å². The second kappa shape index (κ2) is 8.28. The van der Waals surface area contributed by atoms with E-state index in [1.165, 1.54) is 35.3 Å². The SMILES string of the molecule is CCC(=O)c1cc(C(=O)O)n(C(C)c2ccnc3c2ccn3S(=O)(=O)c2ccc(C)cc2)n1. The highest BCUT2D eigenvalue weighted by molar-refractivity contribution is 7.90. The van der Waals surface area contributed by atoms with Crippen molar-refractivity contribution >= 4 is 32.8 Å². The minimum Gasteiger partial charge on any atom is -0.477 e. The van der Waals surface area contributed by atoms with Gasteiger partial charge in [-0.3, -0.25) is 9.48 Å². The topological polar surface area (TPSA) is 124 Å². The number of pyridine rings is 1. The van der Waals surface area contributed by atoms with Crippen LogP contribution in [0.4, 0.5) is 0 Å². The van der Waals surface area contributed by atoms with Gasteiger partial charge in [-0.1, -0.05) is 24.6 Å². The molecule has 0 aliphatic heterocycles. The summed E-state index contributed by atoms with van der Waals surface area (Å²) in [6, 6.07) is 10.5. The molecule has 1 N–H and O–H groups in total. The predicted octanol–water partition coefficient (Wildman–Crippen LogP) is 3.68. The molecule has 0 radical (unpaired) electrons. The average molecular weight is 467 g/mol. The number of carbonyl (C=O) groups is 2. The average Bonchev–Trinajstić information content (AvgIpc) is 3.43. The molecule has 9 nitrogen and oxygen atoms in total. The number of Topliss-reactive ketones (excluding diaryl/α,β-unsaturated/α-hetero) is 1. The number of benzene rings is 1. The van der Waals surface area contributed by atoms with Gasteiger partial charge < -0.3 is 5.11 Å². The number of fused-ring (bicyclic) bond motifs is 1. The van der Waals surface area contributed by atoms with Crippen molar-refractivity contribution in [2.24, 2.45) is 0 Å². The highest BCUT2D eigenvalue weighted by atomic mass is 32.2. The predicted molar refractivity (Wildman–Crippen MR) is 121 cm³/mol. The third kappa shape index (κ3) is 3.82. The largest absolute Gasteiger partial charge is 0.477 e. The summed E-state index contributed by atoms with van der Waals surface area (Å²) in [5, 5.41) is 14.4. The maximum absolute atomic E-state index is 13.2. The lowest BCUT2D eigenvalue weighted by Crippen LogP contribution is -2.16. The minimum absolute atomic E-state index is 0.0755. The fourth-order valence-electron chi connectivity index (χ4n) is 3.72. The lowest BCUT2D eigenvalue weighted by atomic mass is 10.1. The molecule has 1 atom stereocenters. The standard InChI is InChI=1S/C23H22N4O5S/c1-4-21(28)19-13-20(23(29)30)27(25-19)15(3)17-9-11-24-22-18(17)10-12-26(22)33(31,32)16-7-5-14(2)6-8-16/h5-13,15H,4H2,1-3H3,(H,29,30). The zero-order valence-electron chi connectivity index (χ0n) is 18.3. The van der Waals surface area contributed by atoms with E-state index >= 15 is 0 Å². The molecule has 0 bridgehead atoms. The van der Waals surface area contributed by atoms with Crippen LogP contribution in [0.3, 0.4) is 0 Å². The van der Waals surface area contributed by atoms with E-state index in [2.05, 4.69) is 10.1 Å². The highest BCUT2D eigenvalue weighted by Crippen LogP contribution is 2.29. The first-order chi connectivity index (χ1) is 15.6. The van der Waals surface area contributed by atoms with Gasteiger partial charge in [-0.2, -0.15) is 5.10 Å². The molecule has 0 aliphatic rings. The van der Waals surface area contributed by atoms with Gasteiger partial charge >= 0.3 is 5.97 Å². The number of aromatic nitrogens is 4. The fraction of sp³-hybridized carbons (Fsp3) is 0.217. The number of carboxylic acid groups (broad SMARTS) is 1. The van der Waals surface area contributed by atoms with E-state index in [-0.39, 0.29) is 34.1 Å². The number of nitrogens with zero attached hydrogens (tertiary/aromatic N) is 4. The molecule has 0 saturated heterocycles. The van der Waals surface area contributed by atoms with Crippen LogP contribution in [-0.4, -0.2) is 44.0 Å². The van der Waals surface area contributed by atoms with Crippen LogP contribution in [0.15, 0.2) is 59.8 Å². The molecule has 0 spiro atoms. The Kier molecular flexibility index (Phi) is 5.62. The van der Waals surface area contributed by atoms with Gasteiger partial charge in [0.25, 0.3) is 10.0 Å². The van der Waals surface area contributed by atoms with Crippen molar-refractivity contribution < 1.29 is 23.1 Å². The molecule has 4 rings (SSSR count). The molecular formula is C23H22N4O5S. The van der Waals surface area contributed by atoms with Gasteiger partial charge in [0.05, 0.1) is 10.9 Å². The van der Waals surface area contributed by atoms with Crippen molar-refractivity contribution in [2.75, 3.05) is 0 Å². The van der Waals surface area contributed by atoms with Crippen LogP contribution in [0.5, 0.6) is 0 Å². The lowest BCUT2D eigenvalue weighted by molar-refractivity contribution is 0.0681. The van der Waals surface area contributed by atoms with E-state index in [0.717, 1.165) is 9.54 Å². The van der Waals surface area contributed by atoms with Gasteiger partial charge in [-0.05, 0) is 43.7 Å². The Morgan fingerprint density at radius 3 is 2.45 bits per heavy atom. The summed E-state index contributed by atoms with van der Waals surface area (Å²) in [6.07, 6.45) is 3.09. The number of aromatic carboxylic acids is 1. The Bertz CT molecular complexity index is 1480. The van der Waals surface area contributed by atoms with Gasteiger partial charge in [-0.25, -0.2) is 22.2 Å². The molecule has 4 aromatic rings. The van der Waals surface area contributed by atoms with Gasteiger partial charge in [0.15, 0.2) is 11.4 Å². The van der Waals surface area contributed by atoms with Crippen molar-refractivity contribution in [3.05, 3.63) is 77.4 Å². The van der Waals surface area contributed by atoms with E-state index in [4.69, 9.17) is 0 Å². The van der Waals surface area contributed by atoms with Crippen molar-refractivity contribution in [1.82, 2.24) is 18.7 Å². The molecule has 0 saturated carbocycles. The van der Waals surface area contributed by atoms with Crippen molar-refractivity contribution in [3.63, 3.8) is 0 Å².